The van der Waals surface area contributed by atoms with Gasteiger partial charge in [-0.2, -0.15) is 0 Å². The number of nitrogens with one attached hydrogen (secondary N) is 2. The van der Waals surface area contributed by atoms with Gasteiger partial charge in [0.2, 0.25) is 5.91 Å². The molecule has 1 aromatic rings. The zero-order valence-electron chi connectivity index (χ0n) is 8.54. The van der Waals surface area contributed by atoms with Crippen molar-refractivity contribution in [1.29, 1.82) is 0 Å². The van der Waals surface area contributed by atoms with Crippen molar-refractivity contribution in [2.45, 2.75) is 13.5 Å². The number of carbonyl (C=O) groups is 1. The van der Waals surface area contributed by atoms with Crippen LogP contribution in [0.1, 0.15) is 12.7 Å². The largest absolute Gasteiger partial charge is 0.360 e. The Kier molecular flexibility index (Phi) is 2.82. The molecule has 0 radical (unpaired) electrons. The predicted octanol–water partition coefficient (Wildman–Crippen LogP) is 0.210. The zero-order valence-corrected chi connectivity index (χ0v) is 8.54. The molecule has 1 fully saturated rings. The van der Waals surface area contributed by atoms with Gasteiger partial charge < -0.3 is 15.2 Å². The summed E-state index contributed by atoms with van der Waals surface area (Å²) in [7, 11) is 0. The van der Waals surface area contributed by atoms with Crippen molar-refractivity contribution >= 4 is 5.91 Å². The highest BCUT2D eigenvalue weighted by Gasteiger charge is 2.15. The minimum atomic E-state index is -0.0390. The highest BCUT2D eigenvalue weighted by atomic mass is 16.5. The Hall–Kier alpha value is -1.62. The summed E-state index contributed by atoms with van der Waals surface area (Å²) in [6.07, 6.45) is 1.56. The van der Waals surface area contributed by atoms with Gasteiger partial charge in [-0.05, 0) is 12.5 Å². The van der Waals surface area contributed by atoms with Crippen LogP contribution in [0.2, 0.25) is 0 Å². The molecule has 1 aliphatic heterocycles. The molecule has 1 aliphatic rings. The number of hydrogen-bond donors (Lipinski definition) is 2. The van der Waals surface area contributed by atoms with E-state index in [1.807, 2.05) is 6.92 Å². The quantitative estimate of drug-likeness (QED) is 0.695. The number of aromatic nitrogens is 1. The summed E-state index contributed by atoms with van der Waals surface area (Å²) in [5.41, 5.74) is 1.97. The van der Waals surface area contributed by atoms with Gasteiger partial charge in [0.05, 0.1) is 12.7 Å². The molecule has 1 amide bonds. The first-order chi connectivity index (χ1) is 7.27. The van der Waals surface area contributed by atoms with E-state index in [1.165, 1.54) is 5.57 Å². The van der Waals surface area contributed by atoms with Crippen LogP contribution in [-0.4, -0.2) is 24.2 Å². The Morgan fingerprint density at radius 1 is 1.67 bits per heavy atom. The fourth-order valence-electron chi connectivity index (χ4n) is 1.31. The van der Waals surface area contributed by atoms with E-state index < -0.39 is 0 Å². The smallest absolute Gasteiger partial charge is 0.247 e. The Balaban J connectivity index is 1.87. The molecule has 5 heteroatoms. The monoisotopic (exact) mass is 207 g/mol. The van der Waals surface area contributed by atoms with E-state index in [0.717, 1.165) is 18.7 Å². The van der Waals surface area contributed by atoms with Crippen LogP contribution >= 0.6 is 0 Å². The number of nitrogens with zero attached hydrogens (tertiary/aromatic N) is 1. The van der Waals surface area contributed by atoms with Crippen LogP contribution in [0.15, 0.2) is 27.9 Å². The fourth-order valence-corrected chi connectivity index (χ4v) is 1.31. The van der Waals surface area contributed by atoms with Gasteiger partial charge in [0, 0.05) is 24.7 Å². The second kappa shape index (κ2) is 4.27. The third-order valence-electron chi connectivity index (χ3n) is 2.46. The average molecular weight is 207 g/mol. The number of amides is 1. The SMILES string of the molecule is CC(C(=O)NCc1ccno1)=C1CNC1. The highest BCUT2D eigenvalue weighted by Crippen LogP contribution is 2.08. The van der Waals surface area contributed by atoms with Crippen LogP contribution in [0.3, 0.4) is 0 Å². The van der Waals surface area contributed by atoms with Crippen molar-refractivity contribution < 1.29 is 9.32 Å². The molecule has 0 unspecified atom stereocenters. The maximum atomic E-state index is 11.6. The van der Waals surface area contributed by atoms with Gasteiger partial charge in [-0.15, -0.1) is 0 Å². The summed E-state index contributed by atoms with van der Waals surface area (Å²) in [6, 6.07) is 1.73. The molecule has 0 atom stereocenters. The van der Waals surface area contributed by atoms with Crippen molar-refractivity contribution in [3.63, 3.8) is 0 Å². The minimum Gasteiger partial charge on any atom is -0.360 e. The molecule has 0 aliphatic carbocycles. The molecule has 15 heavy (non-hydrogen) atoms. The zero-order chi connectivity index (χ0) is 10.7. The Labute approximate surface area is 87.5 Å². The Bertz CT molecular complexity index is 375. The van der Waals surface area contributed by atoms with Crippen molar-refractivity contribution in [1.82, 2.24) is 15.8 Å². The molecule has 2 rings (SSSR count). The summed E-state index contributed by atoms with van der Waals surface area (Å²) >= 11 is 0. The van der Waals surface area contributed by atoms with Crippen molar-refractivity contribution in [3.05, 3.63) is 29.2 Å². The van der Waals surface area contributed by atoms with E-state index in [4.69, 9.17) is 4.52 Å². The molecule has 2 heterocycles. The minimum absolute atomic E-state index is 0.0390. The molecule has 2 N–H and O–H groups in total. The summed E-state index contributed by atoms with van der Waals surface area (Å²) in [5, 5.41) is 9.43. The Morgan fingerprint density at radius 2 is 2.47 bits per heavy atom. The van der Waals surface area contributed by atoms with Crippen LogP contribution in [0, 0.1) is 0 Å². The fraction of sp³-hybridized carbons (Fsp3) is 0.400. The average Bonchev–Trinajstić information content (AvgIpc) is 2.63. The predicted molar refractivity (Wildman–Crippen MR) is 53.9 cm³/mol. The van der Waals surface area contributed by atoms with E-state index in [1.54, 1.807) is 12.3 Å². The molecular formula is C10H13N3O2. The molecule has 0 saturated carbocycles. The van der Waals surface area contributed by atoms with Gasteiger partial charge in [0.25, 0.3) is 0 Å². The second-order valence-corrected chi connectivity index (χ2v) is 3.49. The van der Waals surface area contributed by atoms with Gasteiger partial charge in [-0.1, -0.05) is 5.16 Å². The van der Waals surface area contributed by atoms with Crippen LogP contribution < -0.4 is 10.6 Å². The molecule has 0 bridgehead atoms. The number of rotatable bonds is 3. The first kappa shape index (κ1) is 9.92. The van der Waals surface area contributed by atoms with Gasteiger partial charge in [-0.25, -0.2) is 0 Å². The normalized spacial score (nSPS) is 14.6. The van der Waals surface area contributed by atoms with Crippen LogP contribution in [0.4, 0.5) is 0 Å². The van der Waals surface area contributed by atoms with E-state index in [2.05, 4.69) is 15.8 Å². The highest BCUT2D eigenvalue weighted by molar-refractivity contribution is 5.93. The Morgan fingerprint density at radius 3 is 3.00 bits per heavy atom. The van der Waals surface area contributed by atoms with Crippen molar-refractivity contribution in [3.8, 4) is 0 Å². The van der Waals surface area contributed by atoms with E-state index in [-0.39, 0.29) is 5.91 Å². The number of hydrogen-bond acceptors (Lipinski definition) is 4. The second-order valence-electron chi connectivity index (χ2n) is 3.49. The topological polar surface area (TPSA) is 67.2 Å². The third-order valence-corrected chi connectivity index (χ3v) is 2.46. The summed E-state index contributed by atoms with van der Waals surface area (Å²) in [5.74, 6) is 0.621. The van der Waals surface area contributed by atoms with Crippen molar-refractivity contribution in [2.75, 3.05) is 13.1 Å². The lowest BCUT2D eigenvalue weighted by Gasteiger charge is -2.21. The molecular weight excluding hydrogens is 194 g/mol. The maximum absolute atomic E-state index is 11.6. The van der Waals surface area contributed by atoms with Gasteiger partial charge in [0.15, 0.2) is 5.76 Å². The lowest BCUT2D eigenvalue weighted by Crippen LogP contribution is -2.37. The molecule has 80 valence electrons. The van der Waals surface area contributed by atoms with E-state index in [0.29, 0.717) is 12.3 Å². The molecule has 5 nitrogen and oxygen atoms in total. The standard InChI is InChI=1S/C10H13N3O2/c1-7(8-4-11-5-8)10(14)12-6-9-2-3-13-15-9/h2-3,11H,4-6H2,1H3,(H,12,14). The van der Waals surface area contributed by atoms with Gasteiger partial charge in [-0.3, -0.25) is 4.79 Å². The van der Waals surface area contributed by atoms with E-state index in [9.17, 15) is 4.79 Å². The van der Waals surface area contributed by atoms with Crippen molar-refractivity contribution in [2.24, 2.45) is 0 Å². The van der Waals surface area contributed by atoms with Gasteiger partial charge >= 0.3 is 0 Å². The summed E-state index contributed by atoms with van der Waals surface area (Å²) in [6.45, 7) is 3.87. The molecule has 0 aromatic carbocycles. The first-order valence-electron chi connectivity index (χ1n) is 4.84. The molecule has 0 spiro atoms. The lowest BCUT2D eigenvalue weighted by molar-refractivity contribution is -0.117. The van der Waals surface area contributed by atoms with E-state index >= 15 is 0 Å². The molecule has 1 saturated heterocycles. The summed E-state index contributed by atoms with van der Waals surface area (Å²) in [4.78, 5) is 11.6. The van der Waals surface area contributed by atoms with Gasteiger partial charge in [0.1, 0.15) is 0 Å². The van der Waals surface area contributed by atoms with Crippen LogP contribution in [-0.2, 0) is 11.3 Å². The lowest BCUT2D eigenvalue weighted by atomic mass is 10.0. The third kappa shape index (κ3) is 2.24. The maximum Gasteiger partial charge on any atom is 0.247 e. The summed E-state index contributed by atoms with van der Waals surface area (Å²) < 4.78 is 4.87. The first-order valence-corrected chi connectivity index (χ1v) is 4.84. The van der Waals surface area contributed by atoms with Crippen LogP contribution in [0.5, 0.6) is 0 Å². The van der Waals surface area contributed by atoms with Crippen LogP contribution in [0.25, 0.3) is 0 Å². The number of carbonyl (C=O) groups excluding carboxylic acids is 1. The molecule has 1 aromatic heterocycles.